The van der Waals surface area contributed by atoms with Crippen molar-refractivity contribution < 1.29 is 32.9 Å². The first-order valence-electron chi connectivity index (χ1n) is 10.3. The third-order valence-electron chi connectivity index (χ3n) is 5.26. The van der Waals surface area contributed by atoms with Crippen LogP contribution in [0.3, 0.4) is 0 Å². The number of hydrogen-bond acceptors (Lipinski definition) is 8. The Labute approximate surface area is 194 Å². The Balaban J connectivity index is 2.16. The fraction of sp³-hybridized carbons (Fsp3) is 0.409. The van der Waals surface area contributed by atoms with Gasteiger partial charge in [0.1, 0.15) is 23.2 Å². The van der Waals surface area contributed by atoms with Gasteiger partial charge in [0, 0.05) is 19.7 Å². The molecular weight excluding hydrogens is 452 g/mol. The Bertz CT molecular complexity index is 1190. The van der Waals surface area contributed by atoms with Crippen LogP contribution in [0.25, 0.3) is 16.8 Å². The van der Waals surface area contributed by atoms with Crippen molar-refractivity contribution in [2.45, 2.75) is 39.1 Å². The van der Waals surface area contributed by atoms with Crippen molar-refractivity contribution in [1.29, 1.82) is 0 Å². The highest BCUT2D eigenvalue weighted by Gasteiger charge is 2.27. The summed E-state index contributed by atoms with van der Waals surface area (Å²) in [5.74, 6) is -0.218. The van der Waals surface area contributed by atoms with Crippen LogP contribution in [0, 0.1) is 0 Å². The number of aliphatic hydroxyl groups is 1. The van der Waals surface area contributed by atoms with Crippen LogP contribution in [0.2, 0.25) is 0 Å². The summed E-state index contributed by atoms with van der Waals surface area (Å²) >= 11 is 0. The number of fused-ring (bicyclic) bond motifs is 1. The molecular formula is C22H27F2N5O5. The number of aromatic nitrogens is 3. The minimum atomic E-state index is -3.15. The average molecular weight is 479 g/mol. The van der Waals surface area contributed by atoms with Gasteiger partial charge >= 0.3 is 6.61 Å². The Morgan fingerprint density at radius 3 is 2.41 bits per heavy atom. The normalized spacial score (nSPS) is 12.5. The lowest BCUT2D eigenvalue weighted by Gasteiger charge is -2.27. The molecule has 184 valence electrons. The molecule has 0 spiro atoms. The summed E-state index contributed by atoms with van der Waals surface area (Å²) < 4.78 is 43.4. The van der Waals surface area contributed by atoms with Crippen LogP contribution in [0.15, 0.2) is 24.5 Å². The number of carbonyl (C=O) groups excluding carboxylic acids is 1. The van der Waals surface area contributed by atoms with E-state index in [-0.39, 0.29) is 17.1 Å². The minimum Gasteiger partial charge on any atom is -0.496 e. The zero-order valence-corrected chi connectivity index (χ0v) is 19.6. The fourth-order valence-corrected chi connectivity index (χ4v) is 3.14. The van der Waals surface area contributed by atoms with Gasteiger partial charge < -0.3 is 30.0 Å². The number of nitrogens with one attached hydrogen (secondary N) is 2. The molecule has 1 unspecified atom stereocenters. The highest BCUT2D eigenvalue weighted by Crippen LogP contribution is 2.38. The summed E-state index contributed by atoms with van der Waals surface area (Å²) in [5.41, 5.74) is -0.0156. The third-order valence-corrected chi connectivity index (χ3v) is 5.26. The topological polar surface area (TPSA) is 119 Å². The predicted octanol–water partition coefficient (Wildman–Crippen LogP) is 2.95. The monoisotopic (exact) mass is 479 g/mol. The predicted molar refractivity (Wildman–Crippen MR) is 121 cm³/mol. The molecule has 3 rings (SSSR count). The zero-order valence-electron chi connectivity index (χ0n) is 19.6. The van der Waals surface area contributed by atoms with Crippen molar-refractivity contribution in [2.24, 2.45) is 0 Å². The minimum absolute atomic E-state index is 0.0413. The Morgan fingerprint density at radius 1 is 1.18 bits per heavy atom. The van der Waals surface area contributed by atoms with E-state index in [1.165, 1.54) is 37.0 Å². The number of methoxy groups -OCH3 is 1. The van der Waals surface area contributed by atoms with E-state index < -0.39 is 24.2 Å². The van der Waals surface area contributed by atoms with Crippen LogP contribution in [-0.2, 0) is 0 Å². The molecule has 0 aliphatic heterocycles. The van der Waals surface area contributed by atoms with E-state index in [9.17, 15) is 18.7 Å². The van der Waals surface area contributed by atoms with Gasteiger partial charge in [0.25, 0.3) is 5.91 Å². The van der Waals surface area contributed by atoms with Crippen molar-refractivity contribution in [3.05, 3.63) is 30.1 Å². The van der Waals surface area contributed by atoms with Crippen LogP contribution in [0.1, 0.15) is 31.1 Å². The first-order valence-corrected chi connectivity index (χ1v) is 10.3. The van der Waals surface area contributed by atoms with Crippen LogP contribution < -0.4 is 24.8 Å². The number of halogens is 2. The summed E-state index contributed by atoms with van der Waals surface area (Å²) in [5, 5.41) is 19.8. The first kappa shape index (κ1) is 25.0. The largest absolute Gasteiger partial charge is 0.496 e. The molecule has 0 saturated carbocycles. The van der Waals surface area contributed by atoms with E-state index in [0.29, 0.717) is 28.3 Å². The van der Waals surface area contributed by atoms with Gasteiger partial charge in [-0.05, 0) is 38.5 Å². The molecule has 10 nitrogen and oxygen atoms in total. The van der Waals surface area contributed by atoms with Crippen LogP contribution in [-0.4, -0.2) is 65.1 Å². The van der Waals surface area contributed by atoms with Crippen molar-refractivity contribution in [2.75, 3.05) is 26.5 Å². The van der Waals surface area contributed by atoms with Crippen molar-refractivity contribution >= 4 is 17.4 Å². The summed E-state index contributed by atoms with van der Waals surface area (Å²) in [7, 11) is 4.35. The number of anilines is 1. The van der Waals surface area contributed by atoms with Gasteiger partial charge in [-0.25, -0.2) is 9.50 Å². The second-order valence-electron chi connectivity index (χ2n) is 7.95. The molecule has 0 radical (unpaired) electrons. The van der Waals surface area contributed by atoms with Crippen LogP contribution >= 0.6 is 0 Å². The molecule has 0 bridgehead atoms. The quantitative estimate of drug-likeness (QED) is 0.429. The molecule has 0 aliphatic rings. The Hall–Kier alpha value is -3.67. The van der Waals surface area contributed by atoms with Crippen molar-refractivity contribution in [1.82, 2.24) is 19.9 Å². The Morgan fingerprint density at radius 2 is 1.85 bits per heavy atom. The molecule has 1 atom stereocenters. The van der Waals surface area contributed by atoms with Crippen molar-refractivity contribution in [3.8, 4) is 28.4 Å². The van der Waals surface area contributed by atoms with Gasteiger partial charge in [0.2, 0.25) is 0 Å². The smallest absolute Gasteiger partial charge is 0.387 e. The zero-order chi connectivity index (χ0) is 25.2. The molecule has 34 heavy (non-hydrogen) atoms. The molecule has 1 aromatic carbocycles. The second-order valence-corrected chi connectivity index (χ2v) is 7.95. The highest BCUT2D eigenvalue weighted by molar-refractivity contribution is 6.01. The number of carbonyl (C=O) groups is 1. The van der Waals surface area contributed by atoms with E-state index in [2.05, 4.69) is 25.5 Å². The molecule has 3 aromatic rings. The molecule has 2 heterocycles. The van der Waals surface area contributed by atoms with Crippen LogP contribution in [0.4, 0.5) is 14.6 Å². The lowest BCUT2D eigenvalue weighted by molar-refractivity contribution is -0.0502. The average Bonchev–Trinajstić information content (AvgIpc) is 3.19. The highest BCUT2D eigenvalue weighted by atomic mass is 19.3. The van der Waals surface area contributed by atoms with Gasteiger partial charge in [0.15, 0.2) is 17.2 Å². The van der Waals surface area contributed by atoms with E-state index >= 15 is 0 Å². The number of amides is 1. The molecule has 1 amide bonds. The number of rotatable bonds is 9. The molecule has 2 aromatic heterocycles. The Kier molecular flexibility index (Phi) is 7.10. The lowest BCUT2D eigenvalue weighted by atomic mass is 10.0. The van der Waals surface area contributed by atoms with E-state index in [4.69, 9.17) is 9.47 Å². The number of hydrogen-bond donors (Lipinski definition) is 3. The maximum absolute atomic E-state index is 13.1. The molecule has 0 saturated heterocycles. The number of alkyl halides is 2. The van der Waals surface area contributed by atoms with Gasteiger partial charge in [0.05, 0.1) is 25.1 Å². The van der Waals surface area contributed by atoms with Gasteiger partial charge in [-0.2, -0.15) is 13.9 Å². The maximum atomic E-state index is 13.1. The third kappa shape index (κ3) is 4.96. The number of nitrogens with zero attached hydrogens (tertiary/aromatic N) is 3. The molecule has 0 fully saturated rings. The summed E-state index contributed by atoms with van der Waals surface area (Å²) in [6.45, 7) is 1.83. The maximum Gasteiger partial charge on any atom is 0.387 e. The second kappa shape index (κ2) is 9.67. The van der Waals surface area contributed by atoms with E-state index in [1.54, 1.807) is 34.0 Å². The standard InChI is InChI=1S/C22H27F2N5O5/c1-11(22(2,3)31)33-16-10-29-19(28-18(16)25-4)13(9-27-29)12-7-14(32-6)17(20(30)26-5)15(8-12)34-21(23)24/h7-11,21,31H,1-6H3,(H,25,28)(H,26,30). The fourth-order valence-electron chi connectivity index (χ4n) is 3.14. The summed E-state index contributed by atoms with van der Waals surface area (Å²) in [6.07, 6.45) is 2.53. The SMILES string of the molecule is CNC(=O)c1c(OC)cc(-c2cnn3cc(OC(C)C(C)(C)O)c(NC)nc23)cc1OC(F)F. The van der Waals surface area contributed by atoms with Gasteiger partial charge in [-0.15, -0.1) is 0 Å². The van der Waals surface area contributed by atoms with E-state index in [1.807, 2.05) is 0 Å². The first-order chi connectivity index (χ1) is 16.0. The van der Waals surface area contributed by atoms with Gasteiger partial charge in [-0.1, -0.05) is 0 Å². The number of ether oxygens (including phenoxy) is 3. The molecule has 0 aliphatic carbocycles. The van der Waals surface area contributed by atoms with Crippen molar-refractivity contribution in [3.63, 3.8) is 0 Å². The van der Waals surface area contributed by atoms with Crippen LogP contribution in [0.5, 0.6) is 17.2 Å². The van der Waals surface area contributed by atoms with E-state index in [0.717, 1.165) is 0 Å². The molecule has 3 N–H and O–H groups in total. The lowest BCUT2D eigenvalue weighted by Crippen LogP contribution is -2.38. The molecule has 12 heteroatoms. The summed E-state index contributed by atoms with van der Waals surface area (Å²) in [6, 6.07) is 2.82. The van der Waals surface area contributed by atoms with Gasteiger partial charge in [-0.3, -0.25) is 4.79 Å². The number of benzene rings is 1. The summed E-state index contributed by atoms with van der Waals surface area (Å²) in [4.78, 5) is 16.9.